The topological polar surface area (TPSA) is 145 Å². The number of amides is 4. The molecule has 0 unspecified atom stereocenters. The average molecular weight is 583 g/mol. The minimum atomic E-state index is -0.920. The van der Waals surface area contributed by atoms with Gasteiger partial charge in [0.2, 0.25) is 24.5 Å². The molecule has 0 saturated carbocycles. The first-order chi connectivity index (χ1) is 20.2. The molecule has 3 aliphatic rings. The smallest absolute Gasteiger partial charge is 0.258 e. The van der Waals surface area contributed by atoms with Crippen molar-refractivity contribution in [3.8, 4) is 17.2 Å². The lowest BCUT2D eigenvalue weighted by atomic mass is 10.0. The molecule has 2 aromatic rings. The molecule has 0 aliphatic carbocycles. The SMILES string of the molecule is COCCN1CC(=O)N[C@@H](C(=O)NCc2ccc3c(c2)OCO3)Cc2ccc(cc2)OCC(=O)N[C@@H](CC(C)C)C1=O. The Morgan fingerprint density at radius 1 is 1.02 bits per heavy atom. The highest BCUT2D eigenvalue weighted by molar-refractivity contribution is 5.93. The number of rotatable bonds is 8. The first-order valence-corrected chi connectivity index (χ1v) is 14.0. The Labute approximate surface area is 245 Å². The van der Waals surface area contributed by atoms with Gasteiger partial charge in [-0.2, -0.15) is 0 Å². The third-order valence-corrected chi connectivity index (χ3v) is 6.84. The average Bonchev–Trinajstić information content (AvgIpc) is 3.44. The van der Waals surface area contributed by atoms with E-state index >= 15 is 0 Å². The summed E-state index contributed by atoms with van der Waals surface area (Å²) in [6.07, 6.45) is 0.566. The Bertz CT molecular complexity index is 1270. The standard InChI is InChI=1S/C30H38N4O8/c1-19(2)12-24-30(38)34(10-11-39-3)16-27(35)32-23(13-20-4-7-22(8-5-20)40-17-28(36)33-24)29(37)31-15-21-6-9-25-26(14-21)42-18-41-25/h4-9,14,19,23-24H,10-13,15-18H2,1-3H3,(H,31,37)(H,32,35)(H,33,36)/t23-,24+/m1/s1. The second-order valence-corrected chi connectivity index (χ2v) is 10.7. The molecule has 2 bridgehead atoms. The minimum absolute atomic E-state index is 0.0919. The number of methoxy groups -OCH3 is 1. The van der Waals surface area contributed by atoms with Gasteiger partial charge in [0.05, 0.1) is 13.2 Å². The summed E-state index contributed by atoms with van der Waals surface area (Å²) in [5, 5.41) is 8.45. The summed E-state index contributed by atoms with van der Waals surface area (Å²) < 4.78 is 21.6. The molecule has 0 spiro atoms. The third kappa shape index (κ3) is 8.59. The van der Waals surface area contributed by atoms with Crippen molar-refractivity contribution in [2.45, 2.75) is 45.3 Å². The zero-order valence-corrected chi connectivity index (χ0v) is 24.1. The fourth-order valence-corrected chi connectivity index (χ4v) is 4.71. The first-order valence-electron chi connectivity index (χ1n) is 14.0. The predicted octanol–water partition coefficient (Wildman–Crippen LogP) is 1.16. The van der Waals surface area contributed by atoms with Crippen LogP contribution in [-0.2, 0) is 36.9 Å². The fourth-order valence-electron chi connectivity index (χ4n) is 4.71. The molecule has 0 aromatic heterocycles. The molecule has 42 heavy (non-hydrogen) atoms. The zero-order valence-electron chi connectivity index (χ0n) is 24.1. The van der Waals surface area contributed by atoms with Crippen LogP contribution in [-0.4, -0.2) is 80.8 Å². The molecule has 3 heterocycles. The maximum Gasteiger partial charge on any atom is 0.258 e. The van der Waals surface area contributed by atoms with Crippen LogP contribution in [0.5, 0.6) is 17.2 Å². The van der Waals surface area contributed by atoms with Gasteiger partial charge < -0.3 is 39.8 Å². The highest BCUT2D eigenvalue weighted by atomic mass is 16.7. The van der Waals surface area contributed by atoms with Crippen molar-refractivity contribution in [3.05, 3.63) is 53.6 Å². The van der Waals surface area contributed by atoms with Crippen molar-refractivity contribution in [1.82, 2.24) is 20.9 Å². The van der Waals surface area contributed by atoms with Crippen LogP contribution in [0.1, 0.15) is 31.4 Å². The van der Waals surface area contributed by atoms with Crippen molar-refractivity contribution < 1.29 is 38.1 Å². The van der Waals surface area contributed by atoms with Crippen LogP contribution in [0.25, 0.3) is 0 Å². The second kappa shape index (κ2) is 14.5. The van der Waals surface area contributed by atoms with E-state index in [0.717, 1.165) is 11.1 Å². The van der Waals surface area contributed by atoms with Gasteiger partial charge in [0.1, 0.15) is 17.8 Å². The minimum Gasteiger partial charge on any atom is -0.484 e. The molecule has 3 aliphatic heterocycles. The van der Waals surface area contributed by atoms with Gasteiger partial charge in [-0.25, -0.2) is 0 Å². The van der Waals surface area contributed by atoms with E-state index in [2.05, 4.69) is 16.0 Å². The number of nitrogens with zero attached hydrogens (tertiary/aromatic N) is 1. The summed E-state index contributed by atoms with van der Waals surface area (Å²) in [7, 11) is 1.50. The van der Waals surface area contributed by atoms with Gasteiger partial charge in [-0.05, 0) is 47.7 Å². The number of fused-ring (bicyclic) bond motifs is 14. The maximum atomic E-state index is 13.6. The molecular weight excluding hydrogens is 544 g/mol. The van der Waals surface area contributed by atoms with E-state index in [-0.39, 0.29) is 57.9 Å². The lowest BCUT2D eigenvalue weighted by molar-refractivity contribution is -0.141. The van der Waals surface area contributed by atoms with Crippen LogP contribution in [0, 0.1) is 5.92 Å². The molecule has 3 N–H and O–H groups in total. The first kappa shape index (κ1) is 30.6. The van der Waals surface area contributed by atoms with E-state index < -0.39 is 29.8 Å². The Balaban J connectivity index is 1.55. The number of benzene rings is 2. The van der Waals surface area contributed by atoms with Gasteiger partial charge in [-0.1, -0.05) is 32.0 Å². The molecule has 5 rings (SSSR count). The van der Waals surface area contributed by atoms with E-state index in [4.69, 9.17) is 18.9 Å². The van der Waals surface area contributed by atoms with E-state index in [1.165, 1.54) is 12.0 Å². The molecule has 4 amide bonds. The Morgan fingerprint density at radius 2 is 1.79 bits per heavy atom. The molecule has 0 fully saturated rings. The quantitative estimate of drug-likeness (QED) is 0.394. The Kier molecular flexibility index (Phi) is 10.6. The van der Waals surface area contributed by atoms with E-state index in [0.29, 0.717) is 23.7 Å². The van der Waals surface area contributed by atoms with Gasteiger partial charge in [0.25, 0.3) is 5.91 Å². The van der Waals surface area contributed by atoms with Crippen molar-refractivity contribution in [3.63, 3.8) is 0 Å². The summed E-state index contributed by atoms with van der Waals surface area (Å²) in [4.78, 5) is 54.2. The molecule has 12 nitrogen and oxygen atoms in total. The van der Waals surface area contributed by atoms with Crippen LogP contribution in [0.4, 0.5) is 0 Å². The molecule has 2 atom stereocenters. The normalized spacial score (nSPS) is 19.3. The Morgan fingerprint density at radius 3 is 2.52 bits per heavy atom. The van der Waals surface area contributed by atoms with Crippen LogP contribution >= 0.6 is 0 Å². The van der Waals surface area contributed by atoms with Crippen LogP contribution in [0.2, 0.25) is 0 Å². The highest BCUT2D eigenvalue weighted by Crippen LogP contribution is 2.32. The Hall–Kier alpha value is -4.32. The summed E-state index contributed by atoms with van der Waals surface area (Å²) in [6, 6.07) is 10.6. The van der Waals surface area contributed by atoms with Gasteiger partial charge in [0.15, 0.2) is 18.1 Å². The summed E-state index contributed by atoms with van der Waals surface area (Å²) >= 11 is 0. The summed E-state index contributed by atoms with van der Waals surface area (Å²) in [6.45, 7) is 3.98. The molecule has 12 heteroatoms. The number of ether oxygens (including phenoxy) is 4. The number of carbonyl (C=O) groups excluding carboxylic acids is 4. The second-order valence-electron chi connectivity index (χ2n) is 10.7. The van der Waals surface area contributed by atoms with Crippen molar-refractivity contribution >= 4 is 23.6 Å². The largest absolute Gasteiger partial charge is 0.484 e. The van der Waals surface area contributed by atoms with E-state index in [1.807, 2.05) is 19.9 Å². The molecule has 2 aromatic carbocycles. The molecule has 0 saturated heterocycles. The highest BCUT2D eigenvalue weighted by Gasteiger charge is 2.30. The van der Waals surface area contributed by atoms with Crippen LogP contribution in [0.3, 0.4) is 0 Å². The predicted molar refractivity (Wildman–Crippen MR) is 152 cm³/mol. The summed E-state index contributed by atoms with van der Waals surface area (Å²) in [5.74, 6) is 0.0481. The van der Waals surface area contributed by atoms with E-state index in [1.54, 1.807) is 36.4 Å². The molecular formula is C30H38N4O8. The van der Waals surface area contributed by atoms with Gasteiger partial charge >= 0.3 is 0 Å². The number of hydrogen-bond acceptors (Lipinski definition) is 8. The van der Waals surface area contributed by atoms with Gasteiger partial charge in [0, 0.05) is 26.6 Å². The molecule has 226 valence electrons. The van der Waals surface area contributed by atoms with Crippen molar-refractivity contribution in [1.29, 1.82) is 0 Å². The van der Waals surface area contributed by atoms with Crippen molar-refractivity contribution in [2.75, 3.05) is 40.2 Å². The van der Waals surface area contributed by atoms with Gasteiger partial charge in [-0.3, -0.25) is 19.2 Å². The fraction of sp³-hybridized carbons (Fsp3) is 0.467. The van der Waals surface area contributed by atoms with Crippen LogP contribution < -0.4 is 30.2 Å². The van der Waals surface area contributed by atoms with Crippen LogP contribution in [0.15, 0.2) is 42.5 Å². The van der Waals surface area contributed by atoms with Crippen molar-refractivity contribution in [2.24, 2.45) is 5.92 Å². The third-order valence-electron chi connectivity index (χ3n) is 6.84. The molecule has 0 radical (unpaired) electrons. The van der Waals surface area contributed by atoms with Gasteiger partial charge in [-0.15, -0.1) is 0 Å². The summed E-state index contributed by atoms with van der Waals surface area (Å²) in [5.41, 5.74) is 1.58. The maximum absolute atomic E-state index is 13.6. The number of hydrogen-bond donors (Lipinski definition) is 3. The monoisotopic (exact) mass is 582 g/mol. The van der Waals surface area contributed by atoms with E-state index in [9.17, 15) is 19.2 Å². The number of nitrogens with one attached hydrogen (secondary N) is 3. The lowest BCUT2D eigenvalue weighted by Gasteiger charge is -2.29. The number of carbonyl (C=O) groups is 4. The lowest BCUT2D eigenvalue weighted by Crippen LogP contribution is -2.55. The zero-order chi connectivity index (χ0) is 30.1.